The van der Waals surface area contributed by atoms with Crippen LogP contribution in [0.5, 0.6) is 5.75 Å². The van der Waals surface area contributed by atoms with Crippen LogP contribution in [0, 0.1) is 20.8 Å². The van der Waals surface area contributed by atoms with Crippen molar-refractivity contribution in [2.75, 3.05) is 31.6 Å². The van der Waals surface area contributed by atoms with Gasteiger partial charge in [0.05, 0.1) is 24.3 Å². The molecule has 4 rings (SSSR count). The minimum atomic E-state index is -0.225. The fourth-order valence-corrected chi connectivity index (χ4v) is 4.04. The normalized spacial score (nSPS) is 15.0. The van der Waals surface area contributed by atoms with Crippen molar-refractivity contribution in [2.24, 2.45) is 0 Å². The number of aryl methyl sites for hydroxylation is 3. The van der Waals surface area contributed by atoms with Crippen molar-refractivity contribution in [3.63, 3.8) is 0 Å². The molecule has 0 spiro atoms. The van der Waals surface area contributed by atoms with Crippen LogP contribution in [0.1, 0.15) is 32.8 Å². The van der Waals surface area contributed by atoms with Crippen LogP contribution in [0.25, 0.3) is 11.0 Å². The number of rotatable bonds is 4. The lowest BCUT2D eigenvalue weighted by Crippen LogP contribution is -3.12. The van der Waals surface area contributed by atoms with E-state index in [1.165, 1.54) is 4.90 Å². The van der Waals surface area contributed by atoms with Gasteiger partial charge >= 0.3 is 0 Å². The number of fused-ring (bicyclic) bond motifs is 1. The van der Waals surface area contributed by atoms with Crippen LogP contribution in [0.4, 0.5) is 5.69 Å². The van der Waals surface area contributed by atoms with Gasteiger partial charge in [0.2, 0.25) is 0 Å². The van der Waals surface area contributed by atoms with Crippen molar-refractivity contribution in [3.8, 4) is 5.75 Å². The van der Waals surface area contributed by atoms with Crippen molar-refractivity contribution >= 4 is 22.6 Å². The van der Waals surface area contributed by atoms with Crippen LogP contribution in [-0.2, 0) is 11.3 Å². The maximum Gasteiger partial charge on any atom is 0.259 e. The molecule has 29 heavy (non-hydrogen) atoms. The molecule has 0 aliphatic carbocycles. The van der Waals surface area contributed by atoms with Crippen molar-refractivity contribution in [1.29, 1.82) is 0 Å². The van der Waals surface area contributed by atoms with E-state index < -0.39 is 0 Å². The third kappa shape index (κ3) is 3.86. The highest BCUT2D eigenvalue weighted by molar-refractivity contribution is 6.14. The lowest BCUT2D eigenvalue weighted by atomic mass is 10.0. The van der Waals surface area contributed by atoms with Gasteiger partial charge in [0.1, 0.15) is 36.7 Å². The van der Waals surface area contributed by atoms with E-state index in [-0.39, 0.29) is 11.7 Å². The molecule has 6 heteroatoms. The van der Waals surface area contributed by atoms with Gasteiger partial charge in [-0.2, -0.15) is 0 Å². The first kappa shape index (κ1) is 19.5. The van der Waals surface area contributed by atoms with Gasteiger partial charge in [-0.25, -0.2) is 0 Å². The SMILES string of the molecule is Cc1ccc(NC(=O)c2c(C)oc3ccc(O)c(C[NH+]4CCOCC4)c23)c(C)c1. The zero-order chi connectivity index (χ0) is 20.5. The quantitative estimate of drug-likeness (QED) is 0.635. The molecule has 1 saturated heterocycles. The number of benzene rings is 2. The molecule has 1 amide bonds. The molecule has 3 aromatic rings. The molecule has 0 saturated carbocycles. The molecule has 3 N–H and O–H groups in total. The molecule has 1 aliphatic rings. The average Bonchev–Trinajstić information content (AvgIpc) is 3.03. The molecule has 1 fully saturated rings. The number of hydrogen-bond acceptors (Lipinski definition) is 4. The van der Waals surface area contributed by atoms with Crippen LogP contribution in [0.3, 0.4) is 0 Å². The Labute approximate surface area is 170 Å². The minimum Gasteiger partial charge on any atom is -0.507 e. The van der Waals surface area contributed by atoms with E-state index in [4.69, 9.17) is 9.15 Å². The molecule has 0 bridgehead atoms. The molecule has 2 aromatic carbocycles. The number of amides is 1. The second-order valence-corrected chi connectivity index (χ2v) is 7.78. The Hall–Kier alpha value is -2.83. The number of nitrogens with one attached hydrogen (secondary N) is 2. The molecule has 2 heterocycles. The zero-order valence-corrected chi connectivity index (χ0v) is 17.1. The van der Waals surface area contributed by atoms with E-state index in [1.54, 1.807) is 19.1 Å². The Morgan fingerprint density at radius 1 is 1.14 bits per heavy atom. The van der Waals surface area contributed by atoms with Crippen molar-refractivity contribution in [2.45, 2.75) is 27.3 Å². The first-order valence-corrected chi connectivity index (χ1v) is 9.98. The van der Waals surface area contributed by atoms with Gasteiger partial charge in [-0.15, -0.1) is 0 Å². The van der Waals surface area contributed by atoms with Crippen molar-refractivity contribution in [1.82, 2.24) is 0 Å². The third-order valence-corrected chi connectivity index (χ3v) is 5.60. The summed E-state index contributed by atoms with van der Waals surface area (Å²) in [6.45, 7) is 9.56. The summed E-state index contributed by atoms with van der Waals surface area (Å²) in [6.07, 6.45) is 0. The van der Waals surface area contributed by atoms with Gasteiger partial charge in [0, 0.05) is 11.1 Å². The number of hydrogen-bond donors (Lipinski definition) is 3. The lowest BCUT2D eigenvalue weighted by molar-refractivity contribution is -0.921. The largest absolute Gasteiger partial charge is 0.507 e. The Morgan fingerprint density at radius 3 is 2.62 bits per heavy atom. The van der Waals surface area contributed by atoms with E-state index in [9.17, 15) is 9.90 Å². The summed E-state index contributed by atoms with van der Waals surface area (Å²) in [5.74, 6) is 0.515. The summed E-state index contributed by atoms with van der Waals surface area (Å²) in [4.78, 5) is 14.5. The van der Waals surface area contributed by atoms with E-state index in [0.717, 1.165) is 35.5 Å². The van der Waals surface area contributed by atoms with Gasteiger partial charge in [0.15, 0.2) is 0 Å². The number of anilines is 1. The summed E-state index contributed by atoms with van der Waals surface area (Å²) < 4.78 is 11.3. The van der Waals surface area contributed by atoms with Crippen LogP contribution in [0.2, 0.25) is 0 Å². The van der Waals surface area contributed by atoms with Crippen molar-refractivity contribution in [3.05, 3.63) is 58.3 Å². The summed E-state index contributed by atoms with van der Waals surface area (Å²) >= 11 is 0. The van der Waals surface area contributed by atoms with Gasteiger partial charge in [-0.05, 0) is 44.5 Å². The number of quaternary nitrogens is 1. The fraction of sp³-hybridized carbons (Fsp3) is 0.348. The summed E-state index contributed by atoms with van der Waals surface area (Å²) in [5.41, 5.74) is 4.78. The molecular weight excluding hydrogens is 368 g/mol. The molecular formula is C23H27N2O4+. The second kappa shape index (κ2) is 7.89. The van der Waals surface area contributed by atoms with Gasteiger partial charge < -0.3 is 24.5 Å². The first-order valence-electron chi connectivity index (χ1n) is 9.98. The molecule has 152 valence electrons. The number of aromatic hydroxyl groups is 1. The smallest absolute Gasteiger partial charge is 0.259 e. The number of ether oxygens (including phenoxy) is 1. The Kier molecular flexibility index (Phi) is 5.30. The number of carbonyl (C=O) groups excluding carboxylic acids is 1. The molecule has 1 aromatic heterocycles. The Bertz CT molecular complexity index is 1060. The average molecular weight is 395 g/mol. The number of morpholine rings is 1. The maximum atomic E-state index is 13.2. The molecule has 0 atom stereocenters. The number of phenolic OH excluding ortho intramolecular Hbond substituents is 1. The summed E-state index contributed by atoms with van der Waals surface area (Å²) in [6, 6.07) is 9.30. The van der Waals surface area contributed by atoms with Crippen LogP contribution >= 0.6 is 0 Å². The maximum absolute atomic E-state index is 13.2. The predicted octanol–water partition coefficient (Wildman–Crippen LogP) is 2.73. The van der Waals surface area contributed by atoms with Gasteiger partial charge in [-0.3, -0.25) is 4.79 Å². The molecule has 0 radical (unpaired) electrons. The second-order valence-electron chi connectivity index (χ2n) is 7.78. The van der Waals surface area contributed by atoms with Crippen LogP contribution in [-0.4, -0.2) is 37.3 Å². The Balaban J connectivity index is 1.74. The number of carbonyl (C=O) groups is 1. The molecule has 6 nitrogen and oxygen atoms in total. The van der Waals surface area contributed by atoms with E-state index >= 15 is 0 Å². The number of furan rings is 1. The summed E-state index contributed by atoms with van der Waals surface area (Å²) in [7, 11) is 0. The first-order chi connectivity index (χ1) is 13.9. The number of phenols is 1. The van der Waals surface area contributed by atoms with Crippen molar-refractivity contribution < 1.29 is 24.0 Å². The van der Waals surface area contributed by atoms with Crippen LogP contribution in [0.15, 0.2) is 34.7 Å². The van der Waals surface area contributed by atoms with E-state index in [1.807, 2.05) is 32.0 Å². The highest BCUT2D eigenvalue weighted by Crippen LogP contribution is 2.34. The highest BCUT2D eigenvalue weighted by atomic mass is 16.5. The third-order valence-electron chi connectivity index (χ3n) is 5.60. The predicted molar refractivity (Wildman–Crippen MR) is 112 cm³/mol. The molecule has 0 unspecified atom stereocenters. The standard InChI is InChI=1S/C23H26N2O4/c1-14-4-5-18(15(2)12-14)24-23(27)21-16(3)29-20-7-6-19(26)17(22(20)21)13-25-8-10-28-11-9-25/h4-7,12,26H,8-11,13H2,1-3H3,(H,24,27)/p+1. The summed E-state index contributed by atoms with van der Waals surface area (Å²) in [5, 5.41) is 14.3. The lowest BCUT2D eigenvalue weighted by Gasteiger charge is -2.24. The van der Waals surface area contributed by atoms with Gasteiger partial charge in [-0.1, -0.05) is 17.7 Å². The fourth-order valence-electron chi connectivity index (χ4n) is 4.04. The molecule has 1 aliphatic heterocycles. The Morgan fingerprint density at radius 2 is 1.90 bits per heavy atom. The van der Waals surface area contributed by atoms with Gasteiger partial charge in [0.25, 0.3) is 5.91 Å². The monoisotopic (exact) mass is 395 g/mol. The van der Waals surface area contributed by atoms with Crippen LogP contribution < -0.4 is 10.2 Å². The van der Waals surface area contributed by atoms with E-state index in [0.29, 0.717) is 42.1 Å². The topological polar surface area (TPSA) is 76.1 Å². The minimum absolute atomic E-state index is 0.192. The van der Waals surface area contributed by atoms with E-state index in [2.05, 4.69) is 5.32 Å². The zero-order valence-electron chi connectivity index (χ0n) is 17.1. The highest BCUT2D eigenvalue weighted by Gasteiger charge is 2.26.